The van der Waals surface area contributed by atoms with E-state index in [2.05, 4.69) is 24.1 Å². The molecule has 3 aliphatic rings. The van der Waals surface area contributed by atoms with Crippen LogP contribution in [0.5, 0.6) is 0 Å². The van der Waals surface area contributed by atoms with Crippen molar-refractivity contribution in [3.8, 4) is 0 Å². The molecule has 1 heterocycles. The van der Waals surface area contributed by atoms with E-state index in [0.717, 1.165) is 18.5 Å². The molecule has 0 aromatic heterocycles. The average Bonchev–Trinajstić information content (AvgIpc) is 3.32. The lowest BCUT2D eigenvalue weighted by atomic mass is 9.85. The van der Waals surface area contributed by atoms with Gasteiger partial charge in [-0.2, -0.15) is 0 Å². The number of hydrogen-bond acceptors (Lipinski definition) is 3. The summed E-state index contributed by atoms with van der Waals surface area (Å²) in [5.74, 6) is 1.06. The molecular formula is C19H36N2O. The van der Waals surface area contributed by atoms with Gasteiger partial charge in [0.05, 0.1) is 6.10 Å². The van der Waals surface area contributed by atoms with Crippen molar-refractivity contribution in [1.29, 1.82) is 0 Å². The van der Waals surface area contributed by atoms with Gasteiger partial charge in [-0.25, -0.2) is 0 Å². The van der Waals surface area contributed by atoms with Gasteiger partial charge in [-0.05, 0) is 50.4 Å². The van der Waals surface area contributed by atoms with Crippen molar-refractivity contribution in [1.82, 2.24) is 10.2 Å². The second-order valence-corrected chi connectivity index (χ2v) is 8.53. The highest BCUT2D eigenvalue weighted by atomic mass is 16.3. The largest absolute Gasteiger partial charge is 0.393 e. The van der Waals surface area contributed by atoms with Gasteiger partial charge in [-0.1, -0.05) is 33.1 Å². The van der Waals surface area contributed by atoms with Gasteiger partial charge in [-0.3, -0.25) is 4.90 Å². The molecule has 3 rings (SSSR count). The van der Waals surface area contributed by atoms with E-state index in [1.807, 2.05) is 0 Å². The minimum absolute atomic E-state index is 0.125. The topological polar surface area (TPSA) is 35.5 Å². The fraction of sp³-hybridized carbons (Fsp3) is 1.00. The number of aliphatic hydroxyl groups is 1. The monoisotopic (exact) mass is 308 g/mol. The number of nitrogens with one attached hydrogen (secondary N) is 1. The molecule has 0 spiro atoms. The van der Waals surface area contributed by atoms with E-state index in [1.165, 1.54) is 64.5 Å². The second kappa shape index (κ2) is 7.63. The Morgan fingerprint density at radius 3 is 2.36 bits per heavy atom. The van der Waals surface area contributed by atoms with Crippen molar-refractivity contribution in [2.75, 3.05) is 13.1 Å². The Labute approximate surface area is 136 Å². The molecule has 1 saturated heterocycles. The van der Waals surface area contributed by atoms with Crippen LogP contribution >= 0.6 is 0 Å². The van der Waals surface area contributed by atoms with Crippen molar-refractivity contribution < 1.29 is 5.11 Å². The molecule has 2 aliphatic carbocycles. The first-order valence-corrected chi connectivity index (χ1v) is 9.80. The summed E-state index contributed by atoms with van der Waals surface area (Å²) in [5.41, 5.74) is 0. The summed E-state index contributed by atoms with van der Waals surface area (Å²) in [4.78, 5) is 2.72. The number of aliphatic hydroxyl groups excluding tert-OH is 1. The van der Waals surface area contributed by atoms with Crippen LogP contribution in [0.15, 0.2) is 0 Å². The Hall–Kier alpha value is -0.120. The highest BCUT2D eigenvalue weighted by Crippen LogP contribution is 2.33. The molecule has 128 valence electrons. The van der Waals surface area contributed by atoms with Crippen LogP contribution in [0.1, 0.15) is 71.6 Å². The van der Waals surface area contributed by atoms with Gasteiger partial charge in [0.1, 0.15) is 0 Å². The quantitative estimate of drug-likeness (QED) is 0.791. The van der Waals surface area contributed by atoms with Gasteiger partial charge in [0, 0.05) is 31.2 Å². The van der Waals surface area contributed by atoms with Crippen LogP contribution in [0, 0.1) is 11.8 Å². The van der Waals surface area contributed by atoms with Gasteiger partial charge < -0.3 is 10.4 Å². The molecule has 3 atom stereocenters. The number of likely N-dealkylation sites (tertiary alicyclic amines) is 1. The maximum Gasteiger partial charge on any atom is 0.0566 e. The Bertz CT molecular complexity index is 334. The standard InChI is InChI=1S/C19H36N2O/c1-14(2)19(22)11-15-10-17(13-21(12-15)18-8-9-18)20-16-6-4-3-5-7-16/h14-20,22H,3-13H2,1-2H3. The first-order chi connectivity index (χ1) is 10.6. The van der Waals surface area contributed by atoms with Crippen molar-refractivity contribution in [3.63, 3.8) is 0 Å². The molecule has 3 fully saturated rings. The highest BCUT2D eigenvalue weighted by molar-refractivity contribution is 4.94. The van der Waals surface area contributed by atoms with Crippen LogP contribution in [0.2, 0.25) is 0 Å². The van der Waals surface area contributed by atoms with E-state index >= 15 is 0 Å². The minimum atomic E-state index is -0.125. The molecule has 22 heavy (non-hydrogen) atoms. The fourth-order valence-corrected chi connectivity index (χ4v) is 4.49. The highest BCUT2D eigenvalue weighted by Gasteiger charge is 2.37. The number of rotatable bonds is 6. The summed E-state index contributed by atoms with van der Waals surface area (Å²) in [5, 5.41) is 14.3. The van der Waals surface area contributed by atoms with E-state index in [-0.39, 0.29) is 6.10 Å². The first-order valence-electron chi connectivity index (χ1n) is 9.80. The molecule has 2 N–H and O–H groups in total. The molecule has 2 saturated carbocycles. The number of hydrogen-bond donors (Lipinski definition) is 2. The average molecular weight is 309 g/mol. The third-order valence-corrected chi connectivity index (χ3v) is 6.05. The van der Waals surface area contributed by atoms with Gasteiger partial charge in [0.15, 0.2) is 0 Å². The van der Waals surface area contributed by atoms with Gasteiger partial charge in [0.2, 0.25) is 0 Å². The molecule has 0 radical (unpaired) electrons. The molecule has 3 nitrogen and oxygen atoms in total. The Balaban J connectivity index is 1.54. The maximum absolute atomic E-state index is 10.3. The fourth-order valence-electron chi connectivity index (χ4n) is 4.49. The van der Waals surface area contributed by atoms with E-state index in [0.29, 0.717) is 17.9 Å². The van der Waals surface area contributed by atoms with Crippen molar-refractivity contribution in [2.45, 2.75) is 95.9 Å². The molecule has 0 amide bonds. The molecule has 1 aliphatic heterocycles. The number of nitrogens with zero attached hydrogens (tertiary/aromatic N) is 1. The molecule has 0 aromatic rings. The smallest absolute Gasteiger partial charge is 0.0566 e. The summed E-state index contributed by atoms with van der Waals surface area (Å²) in [6.45, 7) is 6.75. The zero-order valence-electron chi connectivity index (χ0n) is 14.6. The predicted octanol–water partition coefficient (Wildman–Crippen LogP) is 3.17. The molecule has 3 heteroatoms. The van der Waals surface area contributed by atoms with Gasteiger partial charge in [-0.15, -0.1) is 0 Å². The van der Waals surface area contributed by atoms with Crippen LogP contribution in [0.3, 0.4) is 0 Å². The Morgan fingerprint density at radius 2 is 1.73 bits per heavy atom. The Kier molecular flexibility index (Phi) is 5.80. The van der Waals surface area contributed by atoms with Crippen LogP contribution in [0.4, 0.5) is 0 Å². The van der Waals surface area contributed by atoms with E-state index in [9.17, 15) is 5.11 Å². The predicted molar refractivity (Wildman–Crippen MR) is 92.0 cm³/mol. The molecular weight excluding hydrogens is 272 g/mol. The zero-order chi connectivity index (χ0) is 15.5. The van der Waals surface area contributed by atoms with Crippen LogP contribution in [0.25, 0.3) is 0 Å². The summed E-state index contributed by atoms with van der Waals surface area (Å²) < 4.78 is 0. The summed E-state index contributed by atoms with van der Waals surface area (Å²) in [6, 6.07) is 2.27. The lowest BCUT2D eigenvalue weighted by Gasteiger charge is -2.41. The lowest BCUT2D eigenvalue weighted by Crippen LogP contribution is -2.53. The minimum Gasteiger partial charge on any atom is -0.393 e. The van der Waals surface area contributed by atoms with Crippen molar-refractivity contribution >= 4 is 0 Å². The molecule has 3 unspecified atom stereocenters. The third-order valence-electron chi connectivity index (χ3n) is 6.05. The van der Waals surface area contributed by atoms with Crippen molar-refractivity contribution in [3.05, 3.63) is 0 Å². The van der Waals surface area contributed by atoms with E-state index < -0.39 is 0 Å². The summed E-state index contributed by atoms with van der Waals surface area (Å²) >= 11 is 0. The van der Waals surface area contributed by atoms with E-state index in [1.54, 1.807) is 0 Å². The van der Waals surface area contributed by atoms with Crippen LogP contribution in [-0.4, -0.2) is 47.3 Å². The normalized spacial score (nSPS) is 33.3. The lowest BCUT2D eigenvalue weighted by molar-refractivity contribution is 0.0565. The van der Waals surface area contributed by atoms with Crippen LogP contribution < -0.4 is 5.32 Å². The second-order valence-electron chi connectivity index (χ2n) is 8.53. The summed E-state index contributed by atoms with van der Waals surface area (Å²) in [7, 11) is 0. The number of piperidine rings is 1. The van der Waals surface area contributed by atoms with E-state index in [4.69, 9.17) is 0 Å². The van der Waals surface area contributed by atoms with Gasteiger partial charge >= 0.3 is 0 Å². The maximum atomic E-state index is 10.3. The molecule has 0 aromatic carbocycles. The van der Waals surface area contributed by atoms with Crippen LogP contribution in [-0.2, 0) is 0 Å². The first kappa shape index (κ1) is 16.7. The third kappa shape index (κ3) is 4.69. The molecule has 0 bridgehead atoms. The Morgan fingerprint density at radius 1 is 1.00 bits per heavy atom. The zero-order valence-corrected chi connectivity index (χ0v) is 14.6. The van der Waals surface area contributed by atoms with Crippen molar-refractivity contribution in [2.24, 2.45) is 11.8 Å². The SMILES string of the molecule is CC(C)C(O)CC1CC(NC2CCCCC2)CN(C2CC2)C1. The van der Waals surface area contributed by atoms with Gasteiger partial charge in [0.25, 0.3) is 0 Å². The summed E-state index contributed by atoms with van der Waals surface area (Å²) in [6.07, 6.45) is 11.9.